The highest BCUT2D eigenvalue weighted by Crippen LogP contribution is 2.53. The third kappa shape index (κ3) is 4.04. The summed E-state index contributed by atoms with van der Waals surface area (Å²) in [4.78, 5) is 15.9. The molecule has 0 bridgehead atoms. The van der Waals surface area contributed by atoms with Crippen LogP contribution in [0.5, 0.6) is 5.75 Å². The average Bonchev–Trinajstić information content (AvgIpc) is 3.11. The molecule has 6 nitrogen and oxygen atoms in total. The van der Waals surface area contributed by atoms with Crippen molar-refractivity contribution in [2.24, 2.45) is 0 Å². The third-order valence-corrected chi connectivity index (χ3v) is 7.44. The third-order valence-electron chi connectivity index (χ3n) is 7.44. The second-order valence-electron chi connectivity index (χ2n) is 9.56. The van der Waals surface area contributed by atoms with E-state index in [0.717, 1.165) is 71.5 Å². The van der Waals surface area contributed by atoms with Crippen molar-refractivity contribution < 1.29 is 9.53 Å². The standard InChI is InChI=1S/C29H31BN4O2/c1-30-25-16-20(26(11-14-31)33-22-6-3-5-21(32)17-22)15-24-27(25)34(28(35)29(24)12-4-13-29)18-19-7-9-23(36-2)10-8-19/h3,5-11,14-17,30-31,33H,4,12-13,18,32H2,1-2H3/b26-11-,31-14?. The molecular weight excluding hydrogens is 447 g/mol. The monoisotopic (exact) mass is 478 g/mol. The fourth-order valence-electron chi connectivity index (χ4n) is 5.42. The molecule has 7 heteroatoms. The maximum absolute atomic E-state index is 13.9. The normalized spacial score (nSPS) is 15.9. The van der Waals surface area contributed by atoms with E-state index >= 15 is 0 Å². The molecule has 2 aliphatic rings. The maximum atomic E-state index is 13.9. The number of methoxy groups -OCH3 is 1. The Bertz CT molecular complexity index is 1350. The Morgan fingerprint density at radius 3 is 2.58 bits per heavy atom. The molecule has 3 aromatic carbocycles. The van der Waals surface area contributed by atoms with E-state index in [4.69, 9.17) is 15.9 Å². The lowest BCUT2D eigenvalue weighted by Crippen LogP contribution is -2.45. The lowest BCUT2D eigenvalue weighted by molar-refractivity contribution is -0.126. The van der Waals surface area contributed by atoms with Gasteiger partial charge in [0, 0.05) is 29.0 Å². The Hall–Kier alpha value is -4.00. The molecule has 0 radical (unpaired) electrons. The molecule has 1 amide bonds. The summed E-state index contributed by atoms with van der Waals surface area (Å²) >= 11 is 0. The van der Waals surface area contributed by atoms with E-state index in [1.807, 2.05) is 53.4 Å². The lowest BCUT2D eigenvalue weighted by Gasteiger charge is -2.37. The molecule has 1 heterocycles. The highest BCUT2D eigenvalue weighted by molar-refractivity contribution is 6.55. The van der Waals surface area contributed by atoms with E-state index in [1.54, 1.807) is 13.2 Å². The van der Waals surface area contributed by atoms with Gasteiger partial charge in [-0.25, -0.2) is 0 Å². The number of allylic oxidation sites excluding steroid dienone is 1. The molecule has 1 fully saturated rings. The predicted octanol–water partition coefficient (Wildman–Crippen LogP) is 4.46. The van der Waals surface area contributed by atoms with E-state index in [2.05, 4.69) is 24.3 Å². The smallest absolute Gasteiger partial charge is 0.238 e. The molecular formula is C29H31BN4O2. The summed E-state index contributed by atoms with van der Waals surface area (Å²) < 4.78 is 5.30. The molecule has 0 atom stereocenters. The summed E-state index contributed by atoms with van der Waals surface area (Å²) in [5, 5.41) is 11.2. The van der Waals surface area contributed by atoms with Crippen molar-refractivity contribution >= 4 is 47.6 Å². The molecule has 36 heavy (non-hydrogen) atoms. The summed E-state index contributed by atoms with van der Waals surface area (Å²) in [5.41, 5.74) is 13.2. The molecule has 182 valence electrons. The van der Waals surface area contributed by atoms with Crippen LogP contribution in [0.2, 0.25) is 6.82 Å². The highest BCUT2D eigenvalue weighted by atomic mass is 16.5. The van der Waals surface area contributed by atoms with Crippen LogP contribution in [0.25, 0.3) is 5.70 Å². The number of benzene rings is 3. The van der Waals surface area contributed by atoms with E-state index in [9.17, 15) is 4.79 Å². The molecule has 1 saturated carbocycles. The Morgan fingerprint density at radius 1 is 1.19 bits per heavy atom. The number of nitrogens with zero attached hydrogens (tertiary/aromatic N) is 1. The highest BCUT2D eigenvalue weighted by Gasteiger charge is 2.55. The van der Waals surface area contributed by atoms with Crippen molar-refractivity contribution in [3.8, 4) is 5.75 Å². The molecule has 1 spiro atoms. The van der Waals surface area contributed by atoms with Gasteiger partial charge in [0.05, 0.1) is 19.1 Å². The number of amides is 1. The fourth-order valence-corrected chi connectivity index (χ4v) is 5.42. The second-order valence-corrected chi connectivity index (χ2v) is 9.56. The van der Waals surface area contributed by atoms with Gasteiger partial charge in [-0.15, -0.1) is 0 Å². The summed E-state index contributed by atoms with van der Waals surface area (Å²) in [6.07, 6.45) is 5.84. The maximum Gasteiger partial charge on any atom is 0.238 e. The van der Waals surface area contributed by atoms with Crippen molar-refractivity contribution in [2.75, 3.05) is 23.1 Å². The number of anilines is 3. The van der Waals surface area contributed by atoms with Gasteiger partial charge in [0.25, 0.3) is 0 Å². The molecule has 1 aliphatic carbocycles. The van der Waals surface area contributed by atoms with Crippen molar-refractivity contribution in [3.05, 3.63) is 83.4 Å². The Morgan fingerprint density at radius 2 is 1.97 bits per heavy atom. The number of hydrogen-bond donors (Lipinski definition) is 3. The SMILES string of the molecule is CBc1cc(/C(=C/C=N)Nc2cccc(N)c2)cc2c1N(Cc1ccc(OC)cc1)C(=O)C21CCC1. The summed E-state index contributed by atoms with van der Waals surface area (Å²) in [6, 6.07) is 19.8. The van der Waals surface area contributed by atoms with E-state index in [-0.39, 0.29) is 5.91 Å². The van der Waals surface area contributed by atoms with Crippen LogP contribution in [-0.2, 0) is 16.8 Å². The van der Waals surface area contributed by atoms with Crippen LogP contribution in [0.15, 0.2) is 66.7 Å². The lowest BCUT2D eigenvalue weighted by atomic mass is 9.63. The second kappa shape index (κ2) is 9.57. The zero-order valence-electron chi connectivity index (χ0n) is 20.8. The zero-order valence-corrected chi connectivity index (χ0v) is 20.8. The van der Waals surface area contributed by atoms with Gasteiger partial charge < -0.3 is 26.1 Å². The van der Waals surface area contributed by atoms with Gasteiger partial charge in [-0.1, -0.05) is 43.0 Å². The van der Waals surface area contributed by atoms with E-state index in [1.165, 1.54) is 6.21 Å². The van der Waals surface area contributed by atoms with E-state index in [0.29, 0.717) is 12.2 Å². The molecule has 0 saturated heterocycles. The van der Waals surface area contributed by atoms with Gasteiger partial charge in [0.2, 0.25) is 5.91 Å². The first-order valence-electron chi connectivity index (χ1n) is 12.4. The number of rotatable bonds is 8. The van der Waals surface area contributed by atoms with Gasteiger partial charge in [-0.2, -0.15) is 0 Å². The van der Waals surface area contributed by atoms with Crippen LogP contribution >= 0.6 is 0 Å². The number of hydrogen-bond acceptors (Lipinski definition) is 5. The van der Waals surface area contributed by atoms with Crippen molar-refractivity contribution in [3.63, 3.8) is 0 Å². The van der Waals surface area contributed by atoms with Crippen molar-refractivity contribution in [1.29, 1.82) is 5.41 Å². The van der Waals surface area contributed by atoms with Gasteiger partial charge in [-0.3, -0.25) is 4.79 Å². The number of carbonyl (C=O) groups excluding carboxylic acids is 1. The van der Waals surface area contributed by atoms with Crippen LogP contribution in [0.3, 0.4) is 0 Å². The van der Waals surface area contributed by atoms with Crippen molar-refractivity contribution in [2.45, 2.75) is 38.0 Å². The summed E-state index contributed by atoms with van der Waals surface area (Å²) in [6.45, 7) is 2.67. The van der Waals surface area contributed by atoms with Crippen molar-refractivity contribution in [1.82, 2.24) is 0 Å². The minimum absolute atomic E-state index is 0.202. The largest absolute Gasteiger partial charge is 0.497 e. The van der Waals surface area contributed by atoms with Gasteiger partial charge in [0.1, 0.15) is 5.75 Å². The minimum atomic E-state index is -0.450. The average molecular weight is 478 g/mol. The quantitative estimate of drug-likeness (QED) is 0.253. The summed E-state index contributed by atoms with van der Waals surface area (Å²) in [7, 11) is 2.46. The van der Waals surface area contributed by atoms with Crippen LogP contribution in [0.1, 0.15) is 36.0 Å². The number of ether oxygens (including phenoxy) is 1. The van der Waals surface area contributed by atoms with Gasteiger partial charge >= 0.3 is 0 Å². The number of nitrogens with one attached hydrogen (secondary N) is 2. The fraction of sp³-hybridized carbons (Fsp3) is 0.241. The summed E-state index contributed by atoms with van der Waals surface area (Å²) in [5.74, 6) is 1.01. The zero-order chi connectivity index (χ0) is 25.3. The van der Waals surface area contributed by atoms with Crippen LogP contribution in [-0.4, -0.2) is 26.5 Å². The number of nitrogens with two attached hydrogens (primary N) is 1. The molecule has 1 aliphatic heterocycles. The molecule has 4 N–H and O–H groups in total. The minimum Gasteiger partial charge on any atom is -0.497 e. The number of nitrogen functional groups attached to an aromatic ring is 1. The first-order valence-corrected chi connectivity index (χ1v) is 12.4. The molecule has 3 aromatic rings. The molecule has 5 rings (SSSR count). The molecule has 0 aromatic heterocycles. The first kappa shape index (κ1) is 23.7. The first-order chi connectivity index (χ1) is 17.5. The van der Waals surface area contributed by atoms with Gasteiger partial charge in [-0.05, 0) is 72.0 Å². The Labute approximate surface area is 212 Å². The van der Waals surface area contributed by atoms with Crippen LogP contribution < -0.4 is 26.2 Å². The topological polar surface area (TPSA) is 91.4 Å². The van der Waals surface area contributed by atoms with Crippen LogP contribution in [0, 0.1) is 5.41 Å². The Balaban J connectivity index is 1.58. The van der Waals surface area contributed by atoms with Crippen LogP contribution in [0.4, 0.5) is 17.1 Å². The Kier molecular flexibility index (Phi) is 6.31. The number of carbonyl (C=O) groups is 1. The molecule has 0 unspecified atom stereocenters. The van der Waals surface area contributed by atoms with Gasteiger partial charge in [0.15, 0.2) is 7.28 Å². The predicted molar refractivity (Wildman–Crippen MR) is 150 cm³/mol. The van der Waals surface area contributed by atoms with E-state index < -0.39 is 5.41 Å². The number of fused-ring (bicyclic) bond motifs is 2.